The SMILES string of the molecule is CCN(C(=O)CC(C)C1CCCNC1)c1ccccc1C. The summed E-state index contributed by atoms with van der Waals surface area (Å²) in [6.07, 6.45) is 3.13. The van der Waals surface area contributed by atoms with Crippen molar-refractivity contribution in [3.63, 3.8) is 0 Å². The maximum Gasteiger partial charge on any atom is 0.227 e. The molecule has 116 valence electrons. The average molecular weight is 288 g/mol. The van der Waals surface area contributed by atoms with Crippen molar-refractivity contribution in [2.24, 2.45) is 11.8 Å². The van der Waals surface area contributed by atoms with Crippen LogP contribution in [0, 0.1) is 18.8 Å². The van der Waals surface area contributed by atoms with E-state index in [2.05, 4.69) is 32.2 Å². The highest BCUT2D eigenvalue weighted by molar-refractivity contribution is 5.94. The van der Waals surface area contributed by atoms with Gasteiger partial charge in [-0.1, -0.05) is 25.1 Å². The zero-order valence-electron chi connectivity index (χ0n) is 13.6. The molecule has 2 atom stereocenters. The molecule has 0 radical (unpaired) electrons. The molecule has 1 aromatic rings. The molecule has 1 aromatic carbocycles. The molecule has 1 saturated heterocycles. The summed E-state index contributed by atoms with van der Waals surface area (Å²) in [7, 11) is 0. The number of nitrogens with zero attached hydrogens (tertiary/aromatic N) is 1. The lowest BCUT2D eigenvalue weighted by Gasteiger charge is -2.30. The Morgan fingerprint density at radius 3 is 2.81 bits per heavy atom. The van der Waals surface area contributed by atoms with Crippen molar-refractivity contribution in [2.75, 3.05) is 24.5 Å². The highest BCUT2D eigenvalue weighted by Crippen LogP contribution is 2.26. The Bertz CT molecular complexity index is 466. The zero-order chi connectivity index (χ0) is 15.2. The van der Waals surface area contributed by atoms with Crippen molar-refractivity contribution in [2.45, 2.75) is 40.0 Å². The lowest BCUT2D eigenvalue weighted by Crippen LogP contribution is -2.37. The maximum atomic E-state index is 12.7. The van der Waals surface area contributed by atoms with Crippen LogP contribution in [0.4, 0.5) is 5.69 Å². The number of hydrogen-bond donors (Lipinski definition) is 1. The lowest BCUT2D eigenvalue weighted by molar-refractivity contribution is -0.119. The molecule has 1 aliphatic heterocycles. The number of anilines is 1. The van der Waals surface area contributed by atoms with E-state index in [0.29, 0.717) is 18.3 Å². The van der Waals surface area contributed by atoms with Gasteiger partial charge in [-0.05, 0) is 63.2 Å². The molecule has 1 fully saturated rings. The van der Waals surface area contributed by atoms with Crippen LogP contribution in [0.1, 0.15) is 38.7 Å². The number of amides is 1. The Kier molecular flexibility index (Phi) is 5.80. The van der Waals surface area contributed by atoms with Gasteiger partial charge in [-0.2, -0.15) is 0 Å². The summed E-state index contributed by atoms with van der Waals surface area (Å²) in [4.78, 5) is 14.6. The quantitative estimate of drug-likeness (QED) is 0.901. The van der Waals surface area contributed by atoms with E-state index in [-0.39, 0.29) is 5.91 Å². The molecule has 2 rings (SSSR count). The Morgan fingerprint density at radius 2 is 2.19 bits per heavy atom. The molecule has 0 spiro atoms. The second kappa shape index (κ2) is 7.60. The third-order valence-corrected chi connectivity index (χ3v) is 4.66. The monoisotopic (exact) mass is 288 g/mol. The van der Waals surface area contributed by atoms with E-state index in [1.807, 2.05) is 23.1 Å². The smallest absolute Gasteiger partial charge is 0.227 e. The fraction of sp³-hybridized carbons (Fsp3) is 0.611. The number of aryl methyl sites for hydroxylation is 1. The van der Waals surface area contributed by atoms with Crippen molar-refractivity contribution in [1.29, 1.82) is 0 Å². The Hall–Kier alpha value is -1.35. The predicted molar refractivity (Wildman–Crippen MR) is 88.6 cm³/mol. The summed E-state index contributed by atoms with van der Waals surface area (Å²) in [5.74, 6) is 1.34. The van der Waals surface area contributed by atoms with E-state index in [0.717, 1.165) is 25.3 Å². The molecule has 1 aliphatic rings. The number of benzene rings is 1. The van der Waals surface area contributed by atoms with Gasteiger partial charge in [-0.3, -0.25) is 4.79 Å². The van der Waals surface area contributed by atoms with E-state index in [1.54, 1.807) is 0 Å². The molecule has 1 amide bonds. The van der Waals surface area contributed by atoms with Gasteiger partial charge in [0.2, 0.25) is 5.91 Å². The standard InChI is InChI=1S/C18H28N2O/c1-4-20(17-10-6-5-8-14(17)2)18(21)12-15(3)16-9-7-11-19-13-16/h5-6,8,10,15-16,19H,4,7,9,11-13H2,1-3H3. The summed E-state index contributed by atoms with van der Waals surface area (Å²) in [6.45, 7) is 9.27. The average Bonchev–Trinajstić information content (AvgIpc) is 2.50. The van der Waals surface area contributed by atoms with Crippen LogP contribution in [0.5, 0.6) is 0 Å². The van der Waals surface area contributed by atoms with Crippen molar-refractivity contribution in [3.8, 4) is 0 Å². The molecule has 0 bridgehead atoms. The van der Waals surface area contributed by atoms with Gasteiger partial charge in [0.15, 0.2) is 0 Å². The topological polar surface area (TPSA) is 32.3 Å². The first kappa shape index (κ1) is 16.0. The van der Waals surface area contributed by atoms with Gasteiger partial charge in [0.1, 0.15) is 0 Å². The molecule has 0 aromatic heterocycles. The molecule has 1 heterocycles. The Morgan fingerprint density at radius 1 is 1.43 bits per heavy atom. The van der Waals surface area contributed by atoms with Crippen LogP contribution in [0.3, 0.4) is 0 Å². The number of piperidine rings is 1. The molecule has 2 unspecified atom stereocenters. The molecule has 0 saturated carbocycles. The van der Waals surface area contributed by atoms with Gasteiger partial charge >= 0.3 is 0 Å². The minimum absolute atomic E-state index is 0.255. The van der Waals surface area contributed by atoms with Gasteiger partial charge in [0.05, 0.1) is 0 Å². The van der Waals surface area contributed by atoms with Crippen LogP contribution in [0.2, 0.25) is 0 Å². The Balaban J connectivity index is 2.01. The fourth-order valence-corrected chi connectivity index (χ4v) is 3.26. The van der Waals surface area contributed by atoms with Crippen LogP contribution in [-0.4, -0.2) is 25.5 Å². The number of carbonyl (C=O) groups excluding carboxylic acids is 1. The van der Waals surface area contributed by atoms with Crippen LogP contribution in [-0.2, 0) is 4.79 Å². The van der Waals surface area contributed by atoms with Crippen LogP contribution >= 0.6 is 0 Å². The molecule has 21 heavy (non-hydrogen) atoms. The minimum atomic E-state index is 0.255. The van der Waals surface area contributed by atoms with Gasteiger partial charge in [0.25, 0.3) is 0 Å². The van der Waals surface area contributed by atoms with Crippen molar-refractivity contribution < 1.29 is 4.79 Å². The third-order valence-electron chi connectivity index (χ3n) is 4.66. The van der Waals surface area contributed by atoms with Gasteiger partial charge in [-0.15, -0.1) is 0 Å². The summed E-state index contributed by atoms with van der Waals surface area (Å²) < 4.78 is 0. The number of nitrogens with one attached hydrogen (secondary N) is 1. The number of para-hydroxylation sites is 1. The maximum absolute atomic E-state index is 12.7. The minimum Gasteiger partial charge on any atom is -0.316 e. The van der Waals surface area contributed by atoms with Crippen molar-refractivity contribution >= 4 is 11.6 Å². The first-order chi connectivity index (χ1) is 10.1. The number of hydrogen-bond acceptors (Lipinski definition) is 2. The van der Waals surface area contributed by atoms with Crippen LogP contribution in [0.15, 0.2) is 24.3 Å². The van der Waals surface area contributed by atoms with Crippen molar-refractivity contribution in [1.82, 2.24) is 5.32 Å². The second-order valence-electron chi connectivity index (χ2n) is 6.21. The third kappa shape index (κ3) is 4.07. The first-order valence-electron chi connectivity index (χ1n) is 8.20. The van der Waals surface area contributed by atoms with Crippen LogP contribution < -0.4 is 10.2 Å². The molecule has 1 N–H and O–H groups in total. The molecule has 3 nitrogen and oxygen atoms in total. The van der Waals surface area contributed by atoms with E-state index in [1.165, 1.54) is 18.4 Å². The largest absolute Gasteiger partial charge is 0.316 e. The predicted octanol–water partition coefficient (Wildman–Crippen LogP) is 3.37. The highest BCUT2D eigenvalue weighted by Gasteiger charge is 2.24. The van der Waals surface area contributed by atoms with Crippen molar-refractivity contribution in [3.05, 3.63) is 29.8 Å². The summed E-state index contributed by atoms with van der Waals surface area (Å²) >= 11 is 0. The van der Waals surface area contributed by atoms with Gasteiger partial charge < -0.3 is 10.2 Å². The van der Waals surface area contributed by atoms with Gasteiger partial charge in [0, 0.05) is 18.7 Å². The van der Waals surface area contributed by atoms with E-state index in [4.69, 9.17) is 0 Å². The normalized spacial score (nSPS) is 20.0. The lowest BCUT2D eigenvalue weighted by atomic mass is 9.85. The molecule has 3 heteroatoms. The molecular formula is C18H28N2O. The van der Waals surface area contributed by atoms with E-state index in [9.17, 15) is 4.79 Å². The van der Waals surface area contributed by atoms with Crippen LogP contribution in [0.25, 0.3) is 0 Å². The summed E-state index contributed by atoms with van der Waals surface area (Å²) in [5.41, 5.74) is 2.22. The summed E-state index contributed by atoms with van der Waals surface area (Å²) in [6, 6.07) is 8.14. The van der Waals surface area contributed by atoms with E-state index >= 15 is 0 Å². The molecule has 0 aliphatic carbocycles. The highest BCUT2D eigenvalue weighted by atomic mass is 16.2. The van der Waals surface area contributed by atoms with E-state index < -0.39 is 0 Å². The fourth-order valence-electron chi connectivity index (χ4n) is 3.26. The molecular weight excluding hydrogens is 260 g/mol. The van der Waals surface area contributed by atoms with Gasteiger partial charge in [-0.25, -0.2) is 0 Å². The number of rotatable bonds is 5. The zero-order valence-corrected chi connectivity index (χ0v) is 13.6. The number of carbonyl (C=O) groups is 1. The second-order valence-corrected chi connectivity index (χ2v) is 6.21. The first-order valence-corrected chi connectivity index (χ1v) is 8.20. The Labute approximate surface area is 128 Å². The summed E-state index contributed by atoms with van der Waals surface area (Å²) in [5, 5.41) is 3.45.